The van der Waals surface area contributed by atoms with E-state index in [9.17, 15) is 40.9 Å². The standard InChI is InChI=1S/C20H18F7NO3/c21-15-3-1-11(2-4-15)17-18(30)31-6-5-28(17)10-16(29)12-7-13(19(22,23)24)9-14(8-12)20(25,26)27/h1-4,7-9,16-18,29-30H,5-6,10H2/t16-,17+,18-/m1/s1. The molecule has 0 radical (unpaired) electrons. The van der Waals surface area contributed by atoms with Crippen molar-refractivity contribution in [2.24, 2.45) is 0 Å². The highest BCUT2D eigenvalue weighted by Gasteiger charge is 2.38. The van der Waals surface area contributed by atoms with Crippen LogP contribution >= 0.6 is 0 Å². The number of alkyl halides is 6. The van der Waals surface area contributed by atoms with Gasteiger partial charge in [0.15, 0.2) is 6.29 Å². The maximum absolute atomic E-state index is 13.2. The largest absolute Gasteiger partial charge is 0.416 e. The van der Waals surface area contributed by atoms with Crippen LogP contribution in [0.25, 0.3) is 0 Å². The van der Waals surface area contributed by atoms with Crippen LogP contribution in [0.1, 0.15) is 34.4 Å². The summed E-state index contributed by atoms with van der Waals surface area (Å²) in [5.41, 5.74) is -3.23. The van der Waals surface area contributed by atoms with Crippen molar-refractivity contribution in [2.45, 2.75) is 30.8 Å². The van der Waals surface area contributed by atoms with E-state index in [4.69, 9.17) is 4.74 Å². The maximum Gasteiger partial charge on any atom is 0.416 e. The van der Waals surface area contributed by atoms with Gasteiger partial charge in [0.25, 0.3) is 0 Å². The van der Waals surface area contributed by atoms with Crippen molar-refractivity contribution in [1.82, 2.24) is 4.90 Å². The van der Waals surface area contributed by atoms with Crippen LogP contribution < -0.4 is 0 Å². The molecule has 1 heterocycles. The molecule has 2 N–H and O–H groups in total. The van der Waals surface area contributed by atoms with Crippen LogP contribution in [0.5, 0.6) is 0 Å². The van der Waals surface area contributed by atoms with E-state index in [1.54, 1.807) is 0 Å². The van der Waals surface area contributed by atoms with E-state index in [0.717, 1.165) is 12.1 Å². The number of benzene rings is 2. The molecule has 1 fully saturated rings. The van der Waals surface area contributed by atoms with E-state index in [0.29, 0.717) is 17.7 Å². The van der Waals surface area contributed by atoms with Gasteiger partial charge in [-0.15, -0.1) is 0 Å². The number of hydrogen-bond donors (Lipinski definition) is 2. The number of halogens is 7. The fourth-order valence-corrected chi connectivity index (χ4v) is 3.44. The average Bonchev–Trinajstić information content (AvgIpc) is 2.67. The van der Waals surface area contributed by atoms with Crippen LogP contribution in [0.2, 0.25) is 0 Å². The molecule has 0 bridgehead atoms. The summed E-state index contributed by atoms with van der Waals surface area (Å²) >= 11 is 0. The van der Waals surface area contributed by atoms with Gasteiger partial charge in [0.2, 0.25) is 0 Å². The third kappa shape index (κ3) is 5.53. The summed E-state index contributed by atoms with van der Waals surface area (Å²) in [6.45, 7) is -0.246. The fraction of sp³-hybridized carbons (Fsp3) is 0.400. The van der Waals surface area contributed by atoms with E-state index >= 15 is 0 Å². The highest BCUT2D eigenvalue weighted by molar-refractivity contribution is 5.35. The second-order valence-corrected chi connectivity index (χ2v) is 7.11. The summed E-state index contributed by atoms with van der Waals surface area (Å²) < 4.78 is 96.9. The van der Waals surface area contributed by atoms with Crippen molar-refractivity contribution in [1.29, 1.82) is 0 Å². The second-order valence-electron chi connectivity index (χ2n) is 7.11. The Hall–Kier alpha value is -2.21. The molecule has 3 rings (SSSR count). The molecule has 3 atom stereocenters. The van der Waals surface area contributed by atoms with Gasteiger partial charge in [0, 0.05) is 13.1 Å². The summed E-state index contributed by atoms with van der Waals surface area (Å²) in [5, 5.41) is 20.7. The Morgan fingerprint density at radius 3 is 2.03 bits per heavy atom. The molecule has 0 spiro atoms. The number of ether oxygens (including phenoxy) is 1. The maximum atomic E-state index is 13.2. The smallest absolute Gasteiger partial charge is 0.387 e. The first kappa shape index (κ1) is 23.5. The van der Waals surface area contributed by atoms with E-state index in [1.165, 1.54) is 17.0 Å². The van der Waals surface area contributed by atoms with Crippen LogP contribution in [-0.4, -0.2) is 41.1 Å². The van der Waals surface area contributed by atoms with Gasteiger partial charge in [-0.05, 0) is 41.5 Å². The average molecular weight is 453 g/mol. The lowest BCUT2D eigenvalue weighted by Crippen LogP contribution is -2.46. The summed E-state index contributed by atoms with van der Waals surface area (Å²) in [6, 6.07) is 4.99. The van der Waals surface area contributed by atoms with Gasteiger partial charge < -0.3 is 14.9 Å². The second kappa shape index (κ2) is 8.73. The lowest BCUT2D eigenvalue weighted by molar-refractivity contribution is -0.185. The molecule has 2 aromatic rings. The zero-order valence-electron chi connectivity index (χ0n) is 15.8. The molecule has 2 aromatic carbocycles. The SMILES string of the molecule is O[C@H](CN1CCO[C@@H](O)[C@@H]1c1ccc(F)cc1)c1cc(C(F)(F)F)cc(C(F)(F)F)c1. The first-order chi connectivity index (χ1) is 14.4. The zero-order chi connectivity index (χ0) is 23.0. The molecule has 0 unspecified atom stereocenters. The molecule has 4 nitrogen and oxygen atoms in total. The molecule has 1 aliphatic heterocycles. The van der Waals surface area contributed by atoms with Gasteiger partial charge in [0.1, 0.15) is 5.82 Å². The van der Waals surface area contributed by atoms with Gasteiger partial charge in [0.05, 0.1) is 29.9 Å². The van der Waals surface area contributed by atoms with E-state index in [1.807, 2.05) is 0 Å². The molecule has 1 aliphatic rings. The van der Waals surface area contributed by atoms with Gasteiger partial charge in [-0.2, -0.15) is 26.3 Å². The number of aliphatic hydroxyl groups is 2. The lowest BCUT2D eigenvalue weighted by atomic mass is 9.98. The number of morpholine rings is 1. The minimum atomic E-state index is -5.04. The minimum absolute atomic E-state index is 0.0158. The number of aliphatic hydroxyl groups excluding tert-OH is 2. The third-order valence-corrected chi connectivity index (χ3v) is 4.94. The van der Waals surface area contributed by atoms with E-state index < -0.39 is 53.3 Å². The van der Waals surface area contributed by atoms with E-state index in [2.05, 4.69) is 0 Å². The normalized spacial score (nSPS) is 21.8. The number of rotatable bonds is 4. The number of hydrogen-bond acceptors (Lipinski definition) is 4. The molecule has 1 saturated heterocycles. The van der Waals surface area contributed by atoms with Crippen molar-refractivity contribution in [2.75, 3.05) is 19.7 Å². The van der Waals surface area contributed by atoms with Crippen molar-refractivity contribution < 1.29 is 45.7 Å². The first-order valence-electron chi connectivity index (χ1n) is 9.13. The Morgan fingerprint density at radius 2 is 1.52 bits per heavy atom. The third-order valence-electron chi connectivity index (χ3n) is 4.94. The molecule has 170 valence electrons. The van der Waals surface area contributed by atoms with Gasteiger partial charge in [-0.1, -0.05) is 12.1 Å². The number of β-amino-alcohol motifs (C(OH)–C–C–N with tert-alkyl or cyclic N) is 1. The van der Waals surface area contributed by atoms with Crippen LogP contribution in [-0.2, 0) is 17.1 Å². The Labute approximate surface area is 172 Å². The first-order valence-corrected chi connectivity index (χ1v) is 9.13. The van der Waals surface area contributed by atoms with Crippen LogP contribution in [0, 0.1) is 5.82 Å². The molecule has 0 aromatic heterocycles. The van der Waals surface area contributed by atoms with Crippen molar-refractivity contribution >= 4 is 0 Å². The van der Waals surface area contributed by atoms with Crippen LogP contribution in [0.4, 0.5) is 30.7 Å². The minimum Gasteiger partial charge on any atom is -0.387 e. The molecule has 11 heteroatoms. The summed E-state index contributed by atoms with van der Waals surface area (Å²) in [5.74, 6) is -0.537. The van der Waals surface area contributed by atoms with Crippen molar-refractivity contribution in [3.63, 3.8) is 0 Å². The molecular weight excluding hydrogens is 435 g/mol. The molecule has 31 heavy (non-hydrogen) atoms. The Balaban J connectivity index is 1.91. The number of nitrogens with zero attached hydrogens (tertiary/aromatic N) is 1. The Morgan fingerprint density at radius 1 is 0.968 bits per heavy atom. The topological polar surface area (TPSA) is 52.9 Å². The van der Waals surface area contributed by atoms with Gasteiger partial charge in [-0.3, -0.25) is 4.90 Å². The van der Waals surface area contributed by atoms with Crippen molar-refractivity contribution in [3.8, 4) is 0 Å². The highest BCUT2D eigenvalue weighted by Crippen LogP contribution is 2.38. The van der Waals surface area contributed by atoms with Gasteiger partial charge >= 0.3 is 12.4 Å². The van der Waals surface area contributed by atoms with Crippen LogP contribution in [0.3, 0.4) is 0 Å². The lowest BCUT2D eigenvalue weighted by Gasteiger charge is -2.40. The Kier molecular flexibility index (Phi) is 6.61. The van der Waals surface area contributed by atoms with Gasteiger partial charge in [-0.25, -0.2) is 4.39 Å². The monoisotopic (exact) mass is 453 g/mol. The predicted molar refractivity (Wildman–Crippen MR) is 94.1 cm³/mol. The molecule has 0 amide bonds. The fourth-order valence-electron chi connectivity index (χ4n) is 3.44. The molecule has 0 saturated carbocycles. The van der Waals surface area contributed by atoms with E-state index in [-0.39, 0.29) is 25.8 Å². The quantitative estimate of drug-likeness (QED) is 0.679. The van der Waals surface area contributed by atoms with Crippen LogP contribution in [0.15, 0.2) is 42.5 Å². The molecular formula is C20H18F7NO3. The summed E-state index contributed by atoms with van der Waals surface area (Å²) in [6.07, 6.45) is -13.2. The predicted octanol–water partition coefficient (Wildman–Crippen LogP) is 4.29. The molecule has 0 aliphatic carbocycles. The summed E-state index contributed by atoms with van der Waals surface area (Å²) in [4.78, 5) is 1.46. The highest BCUT2D eigenvalue weighted by atomic mass is 19.4. The van der Waals surface area contributed by atoms with Crippen molar-refractivity contribution in [3.05, 3.63) is 70.5 Å². The summed E-state index contributed by atoms with van der Waals surface area (Å²) in [7, 11) is 0. The zero-order valence-corrected chi connectivity index (χ0v) is 15.8. The Bertz CT molecular complexity index is 867.